The second kappa shape index (κ2) is 12.5. The first-order valence-electron chi connectivity index (χ1n) is 14.1. The summed E-state index contributed by atoms with van der Waals surface area (Å²) in [5, 5.41) is 0. The molecule has 0 radical (unpaired) electrons. The lowest BCUT2D eigenvalue weighted by Gasteiger charge is -2.39. The molecular weight excluding hydrogens is 536 g/mol. The molecule has 4 aliphatic rings. The van der Waals surface area contributed by atoms with Crippen molar-refractivity contribution in [3.8, 4) is 23.5 Å². The number of hydrogen-bond acceptors (Lipinski definition) is 9. The molecule has 2 aromatic rings. The fourth-order valence-corrected chi connectivity index (χ4v) is 5.31. The van der Waals surface area contributed by atoms with Gasteiger partial charge in [-0.3, -0.25) is 14.3 Å². The van der Waals surface area contributed by atoms with Crippen LogP contribution in [0.4, 0.5) is 14.7 Å². The van der Waals surface area contributed by atoms with Crippen molar-refractivity contribution < 1.29 is 27.8 Å². The quantitative estimate of drug-likeness (QED) is 0.418. The molecule has 13 heteroatoms. The van der Waals surface area contributed by atoms with Gasteiger partial charge in [0.05, 0.1) is 57.3 Å². The minimum Gasteiger partial charge on any atom is -0.470 e. The zero-order valence-corrected chi connectivity index (χ0v) is 22.8. The Morgan fingerprint density at radius 2 is 1.83 bits per heavy atom. The maximum atomic E-state index is 14.2. The zero-order valence-electron chi connectivity index (χ0n) is 22.8. The van der Waals surface area contributed by atoms with Gasteiger partial charge in [-0.2, -0.15) is 9.97 Å². The summed E-state index contributed by atoms with van der Waals surface area (Å²) in [5.41, 5.74) is 0.963. The SMILES string of the molecule is O=C(CCCN1CCOCC1)N1CC(Oc2cc(-n3c(C(F)F)nc4c3CC#CC=C4)nc(N3CCOCC3)n2)C1. The number of morpholine rings is 2. The van der Waals surface area contributed by atoms with Gasteiger partial charge in [0.1, 0.15) is 11.9 Å². The third-order valence-electron chi connectivity index (χ3n) is 7.56. The molecule has 11 nitrogen and oxygen atoms in total. The zero-order chi connectivity index (χ0) is 28.2. The molecule has 3 aliphatic heterocycles. The largest absolute Gasteiger partial charge is 0.470 e. The predicted molar refractivity (Wildman–Crippen MR) is 145 cm³/mol. The second-order valence-corrected chi connectivity index (χ2v) is 10.3. The Hall–Kier alpha value is -3.60. The average Bonchev–Trinajstić information content (AvgIpc) is 3.18. The van der Waals surface area contributed by atoms with Crippen LogP contribution in [0.2, 0.25) is 0 Å². The van der Waals surface area contributed by atoms with Gasteiger partial charge < -0.3 is 24.0 Å². The lowest BCUT2D eigenvalue weighted by molar-refractivity contribution is -0.140. The number of alkyl halides is 2. The van der Waals surface area contributed by atoms with E-state index in [0.717, 1.165) is 39.3 Å². The van der Waals surface area contributed by atoms with Crippen molar-refractivity contribution in [3.05, 3.63) is 29.4 Å². The highest BCUT2D eigenvalue weighted by Gasteiger charge is 2.33. The van der Waals surface area contributed by atoms with E-state index in [0.29, 0.717) is 63.1 Å². The number of fused-ring (bicyclic) bond motifs is 1. The van der Waals surface area contributed by atoms with Crippen LogP contribution < -0.4 is 9.64 Å². The van der Waals surface area contributed by atoms with E-state index in [1.807, 2.05) is 4.90 Å². The monoisotopic (exact) mass is 569 g/mol. The second-order valence-electron chi connectivity index (χ2n) is 10.3. The molecular formula is C28H33F2N7O4. The fraction of sp³-hybridized carbons (Fsp3) is 0.571. The molecule has 2 aromatic heterocycles. The number of rotatable bonds is 9. The molecule has 3 fully saturated rings. The molecule has 41 heavy (non-hydrogen) atoms. The predicted octanol–water partition coefficient (Wildman–Crippen LogP) is 1.71. The molecule has 0 unspecified atom stereocenters. The van der Waals surface area contributed by atoms with Crippen molar-refractivity contribution in [2.75, 3.05) is 77.1 Å². The molecule has 218 valence electrons. The molecule has 0 atom stereocenters. The van der Waals surface area contributed by atoms with Gasteiger partial charge in [0.2, 0.25) is 17.7 Å². The van der Waals surface area contributed by atoms with E-state index in [1.165, 1.54) is 4.57 Å². The number of aromatic nitrogens is 4. The molecule has 0 spiro atoms. The van der Waals surface area contributed by atoms with Gasteiger partial charge in [-0.1, -0.05) is 11.8 Å². The molecule has 5 heterocycles. The van der Waals surface area contributed by atoms with Crippen molar-refractivity contribution in [3.63, 3.8) is 0 Å². The summed E-state index contributed by atoms with van der Waals surface area (Å²) in [6.45, 7) is 7.25. The highest BCUT2D eigenvalue weighted by molar-refractivity contribution is 5.77. The average molecular weight is 570 g/mol. The number of carbonyl (C=O) groups is 1. The molecule has 1 aliphatic carbocycles. The van der Waals surface area contributed by atoms with Crippen LogP contribution >= 0.6 is 0 Å². The maximum Gasteiger partial charge on any atom is 0.296 e. The van der Waals surface area contributed by atoms with Crippen LogP contribution in [-0.2, 0) is 20.7 Å². The number of imidazole rings is 1. The van der Waals surface area contributed by atoms with Crippen LogP contribution in [0.3, 0.4) is 0 Å². The number of nitrogens with zero attached hydrogens (tertiary/aromatic N) is 7. The smallest absolute Gasteiger partial charge is 0.296 e. The summed E-state index contributed by atoms with van der Waals surface area (Å²) in [6, 6.07) is 1.56. The first-order valence-corrected chi connectivity index (χ1v) is 14.1. The standard InChI is InChI=1S/C28H33F2N7O4/c29-26(30)27-31-21-5-2-1-3-6-22(21)37(27)23-17-24(33-28(32-23)35-11-15-40-16-12-35)41-20-18-36(19-20)25(38)7-4-8-34-9-13-39-14-10-34/h2,5,17,20,26H,4,6-16,18-19H2. The third-order valence-corrected chi connectivity index (χ3v) is 7.56. The van der Waals surface area contributed by atoms with Gasteiger partial charge in [0.25, 0.3) is 6.43 Å². The molecule has 0 aromatic carbocycles. The van der Waals surface area contributed by atoms with Gasteiger partial charge in [-0.25, -0.2) is 13.8 Å². The number of likely N-dealkylation sites (tertiary alicyclic amines) is 1. The summed E-state index contributed by atoms with van der Waals surface area (Å²) in [6.07, 6.45) is 1.73. The van der Waals surface area contributed by atoms with E-state index in [-0.39, 0.29) is 30.1 Å². The van der Waals surface area contributed by atoms with E-state index >= 15 is 0 Å². The van der Waals surface area contributed by atoms with Crippen molar-refractivity contribution in [1.82, 2.24) is 29.3 Å². The van der Waals surface area contributed by atoms with Crippen LogP contribution in [0.1, 0.15) is 36.5 Å². The minimum atomic E-state index is -2.82. The van der Waals surface area contributed by atoms with Crippen molar-refractivity contribution in [1.29, 1.82) is 0 Å². The molecule has 3 saturated heterocycles. The number of hydrogen-bond donors (Lipinski definition) is 0. The Balaban J connectivity index is 1.17. The highest BCUT2D eigenvalue weighted by Crippen LogP contribution is 2.30. The van der Waals surface area contributed by atoms with Crippen LogP contribution in [0.15, 0.2) is 12.1 Å². The summed E-state index contributed by atoms with van der Waals surface area (Å²) in [5.74, 6) is 6.42. The normalized spacial score (nSPS) is 19.4. The Morgan fingerprint density at radius 1 is 1.07 bits per heavy atom. The van der Waals surface area contributed by atoms with E-state index in [4.69, 9.17) is 14.2 Å². The number of amides is 1. The Kier molecular flexibility index (Phi) is 8.41. The number of ether oxygens (including phenoxy) is 3. The lowest BCUT2D eigenvalue weighted by Crippen LogP contribution is -2.56. The number of halogens is 2. The topological polar surface area (TPSA) is 98.1 Å². The molecule has 0 N–H and O–H groups in total. The number of allylic oxidation sites excluding steroid dienone is 1. The van der Waals surface area contributed by atoms with Crippen LogP contribution in [0.5, 0.6) is 5.88 Å². The van der Waals surface area contributed by atoms with Gasteiger partial charge in [-0.05, 0) is 25.1 Å². The van der Waals surface area contributed by atoms with E-state index in [9.17, 15) is 13.6 Å². The van der Waals surface area contributed by atoms with E-state index < -0.39 is 12.2 Å². The van der Waals surface area contributed by atoms with Crippen LogP contribution in [-0.4, -0.2) is 114 Å². The van der Waals surface area contributed by atoms with Gasteiger partial charge >= 0.3 is 0 Å². The summed E-state index contributed by atoms with van der Waals surface area (Å²) in [7, 11) is 0. The number of carbonyl (C=O) groups excluding carboxylic acids is 1. The Labute approximate surface area is 237 Å². The summed E-state index contributed by atoms with van der Waals surface area (Å²) >= 11 is 0. The lowest BCUT2D eigenvalue weighted by atomic mass is 10.1. The Morgan fingerprint density at radius 3 is 2.59 bits per heavy atom. The summed E-state index contributed by atoms with van der Waals surface area (Å²) in [4.78, 5) is 32.2. The minimum absolute atomic E-state index is 0.104. The van der Waals surface area contributed by atoms with E-state index in [2.05, 4.69) is 31.7 Å². The third kappa shape index (κ3) is 6.34. The van der Waals surface area contributed by atoms with Crippen molar-refractivity contribution in [2.45, 2.75) is 31.8 Å². The Bertz CT molecular complexity index is 1340. The van der Waals surface area contributed by atoms with Gasteiger partial charge in [-0.15, -0.1) is 0 Å². The highest BCUT2D eigenvalue weighted by atomic mass is 19.3. The molecule has 6 rings (SSSR count). The number of anilines is 1. The van der Waals surface area contributed by atoms with Gasteiger partial charge in [0, 0.05) is 38.7 Å². The first-order chi connectivity index (χ1) is 20.0. The fourth-order valence-electron chi connectivity index (χ4n) is 5.31. The summed E-state index contributed by atoms with van der Waals surface area (Å²) < 4.78 is 46.7. The maximum absolute atomic E-state index is 14.2. The molecule has 0 saturated carbocycles. The van der Waals surface area contributed by atoms with Crippen LogP contribution in [0.25, 0.3) is 11.9 Å². The van der Waals surface area contributed by atoms with Crippen molar-refractivity contribution >= 4 is 17.9 Å². The molecule has 1 amide bonds. The first kappa shape index (κ1) is 27.6. The van der Waals surface area contributed by atoms with Gasteiger partial charge in [0.15, 0.2) is 5.82 Å². The van der Waals surface area contributed by atoms with E-state index in [1.54, 1.807) is 23.1 Å². The van der Waals surface area contributed by atoms with Crippen molar-refractivity contribution in [2.24, 2.45) is 0 Å². The molecule has 0 bridgehead atoms. The van der Waals surface area contributed by atoms with Crippen LogP contribution in [0, 0.1) is 11.8 Å².